The second kappa shape index (κ2) is 11.0. The number of carbonyl (C=O) groups is 1. The number of nitrogen functional groups attached to an aromatic ring is 1. The van der Waals surface area contributed by atoms with E-state index in [1.807, 2.05) is 13.8 Å². The van der Waals surface area contributed by atoms with Gasteiger partial charge in [0, 0.05) is 23.6 Å². The summed E-state index contributed by atoms with van der Waals surface area (Å²) in [5.74, 6) is -0.591. The highest BCUT2D eigenvalue weighted by Crippen LogP contribution is 2.36. The molecule has 1 atom stereocenters. The maximum Gasteiger partial charge on any atom is 0.288 e. The lowest BCUT2D eigenvalue weighted by atomic mass is 10.1. The van der Waals surface area contributed by atoms with Gasteiger partial charge in [-0.3, -0.25) is 14.2 Å². The standard InChI is InChI=1S/C27H22ClF3N8O2/c1-13(2)19-9-17(27(41)39(37-19)20-8-5-15(28)10-33-20)26(40)36-16-6-3-14(4-7-16)18-11-38(23(31)22(29)30)25-21(18)24(32)34-12-35-25/h3-13,22-23H,1-2H3,(H,36,40)(H2,32,34,35). The highest BCUT2D eigenvalue weighted by molar-refractivity contribution is 6.30. The molecule has 0 radical (unpaired) electrons. The predicted molar refractivity (Wildman–Crippen MR) is 148 cm³/mol. The van der Waals surface area contributed by atoms with Crippen molar-refractivity contribution in [3.63, 3.8) is 0 Å². The van der Waals surface area contributed by atoms with Crippen LogP contribution in [-0.4, -0.2) is 41.6 Å². The van der Waals surface area contributed by atoms with Crippen molar-refractivity contribution >= 4 is 40.0 Å². The van der Waals surface area contributed by atoms with Gasteiger partial charge >= 0.3 is 0 Å². The van der Waals surface area contributed by atoms with Crippen LogP contribution in [0.2, 0.25) is 5.02 Å². The number of halogens is 4. The van der Waals surface area contributed by atoms with Gasteiger partial charge in [0.05, 0.1) is 16.1 Å². The lowest BCUT2D eigenvalue weighted by molar-refractivity contribution is 0.0104. The van der Waals surface area contributed by atoms with Crippen LogP contribution >= 0.6 is 11.6 Å². The van der Waals surface area contributed by atoms with Crippen LogP contribution in [0.1, 0.15) is 42.1 Å². The second-order valence-electron chi connectivity index (χ2n) is 9.34. The molecule has 14 heteroatoms. The molecule has 5 rings (SSSR count). The highest BCUT2D eigenvalue weighted by Gasteiger charge is 2.26. The summed E-state index contributed by atoms with van der Waals surface area (Å²) in [5.41, 5.74) is 6.70. The first-order chi connectivity index (χ1) is 19.5. The zero-order valence-corrected chi connectivity index (χ0v) is 22.4. The SMILES string of the molecule is CC(C)c1cc(C(=O)Nc2ccc(-c3cn(C(F)C(F)F)c4ncnc(N)c34)cc2)c(=O)n(-c2ccc(Cl)cn2)n1. The normalized spacial score (nSPS) is 12.3. The van der Waals surface area contributed by atoms with Gasteiger partial charge in [-0.25, -0.2) is 28.1 Å². The van der Waals surface area contributed by atoms with Gasteiger partial charge in [-0.05, 0) is 41.8 Å². The lowest BCUT2D eigenvalue weighted by Gasteiger charge is -2.12. The molecule has 0 aliphatic heterocycles. The Bertz CT molecular complexity index is 1810. The predicted octanol–water partition coefficient (Wildman–Crippen LogP) is 5.38. The number of aromatic nitrogens is 6. The third-order valence-corrected chi connectivity index (χ3v) is 6.49. The minimum Gasteiger partial charge on any atom is -0.383 e. The van der Waals surface area contributed by atoms with Crippen LogP contribution < -0.4 is 16.6 Å². The molecule has 1 aromatic carbocycles. The largest absolute Gasteiger partial charge is 0.383 e. The number of nitrogens with one attached hydrogen (secondary N) is 1. The Hall–Kier alpha value is -4.78. The molecule has 0 spiro atoms. The quantitative estimate of drug-likeness (QED) is 0.263. The lowest BCUT2D eigenvalue weighted by Crippen LogP contribution is -2.31. The highest BCUT2D eigenvalue weighted by atomic mass is 35.5. The van der Waals surface area contributed by atoms with E-state index < -0.39 is 24.2 Å². The summed E-state index contributed by atoms with van der Waals surface area (Å²) in [6.45, 7) is 3.74. The first-order valence-corrected chi connectivity index (χ1v) is 12.6. The van der Waals surface area contributed by atoms with E-state index in [1.54, 1.807) is 30.3 Å². The topological polar surface area (TPSA) is 134 Å². The first kappa shape index (κ1) is 27.8. The number of rotatable bonds is 7. The van der Waals surface area contributed by atoms with Crippen LogP contribution in [0.5, 0.6) is 0 Å². The van der Waals surface area contributed by atoms with Gasteiger partial charge in [0.25, 0.3) is 17.9 Å². The Balaban J connectivity index is 1.48. The fourth-order valence-corrected chi connectivity index (χ4v) is 4.29. The van der Waals surface area contributed by atoms with Gasteiger partial charge in [-0.2, -0.15) is 9.78 Å². The van der Waals surface area contributed by atoms with Crippen molar-refractivity contribution in [2.45, 2.75) is 32.5 Å². The van der Waals surface area contributed by atoms with E-state index in [1.165, 1.54) is 24.5 Å². The van der Waals surface area contributed by atoms with E-state index in [-0.39, 0.29) is 34.2 Å². The summed E-state index contributed by atoms with van der Waals surface area (Å²) >= 11 is 5.91. The van der Waals surface area contributed by atoms with Gasteiger partial charge in [0.15, 0.2) is 5.82 Å². The van der Waals surface area contributed by atoms with Crippen molar-refractivity contribution in [2.75, 3.05) is 11.1 Å². The molecule has 5 aromatic rings. The molecule has 4 heterocycles. The third-order valence-electron chi connectivity index (χ3n) is 6.26. The number of carbonyl (C=O) groups excluding carboxylic acids is 1. The number of nitrogens with two attached hydrogens (primary N) is 1. The van der Waals surface area contributed by atoms with Gasteiger partial charge in [-0.1, -0.05) is 37.6 Å². The van der Waals surface area contributed by atoms with Crippen LogP contribution in [0.25, 0.3) is 28.0 Å². The minimum absolute atomic E-state index is 0.00676. The number of pyridine rings is 1. The van der Waals surface area contributed by atoms with Gasteiger partial charge in [0.1, 0.15) is 23.4 Å². The van der Waals surface area contributed by atoms with Crippen LogP contribution in [0, 0.1) is 0 Å². The van der Waals surface area contributed by atoms with Crippen LogP contribution in [0.4, 0.5) is 24.7 Å². The molecule has 4 aromatic heterocycles. The van der Waals surface area contributed by atoms with E-state index in [4.69, 9.17) is 17.3 Å². The summed E-state index contributed by atoms with van der Waals surface area (Å²) < 4.78 is 42.4. The maximum atomic E-state index is 14.3. The summed E-state index contributed by atoms with van der Waals surface area (Å²) in [4.78, 5) is 38.4. The molecule has 0 saturated carbocycles. The fourth-order valence-electron chi connectivity index (χ4n) is 4.18. The molecular formula is C27H22ClF3N8O2. The average molecular weight is 583 g/mol. The molecule has 0 aliphatic carbocycles. The zero-order valence-electron chi connectivity index (χ0n) is 21.6. The fraction of sp³-hybridized carbons (Fsp3) is 0.185. The molecule has 3 N–H and O–H groups in total. The molecule has 0 aliphatic rings. The van der Waals surface area contributed by atoms with Gasteiger partial charge in [-0.15, -0.1) is 0 Å². The second-order valence-corrected chi connectivity index (χ2v) is 9.77. The van der Waals surface area contributed by atoms with E-state index in [2.05, 4.69) is 25.4 Å². The molecule has 1 amide bonds. The molecule has 10 nitrogen and oxygen atoms in total. The molecular weight excluding hydrogens is 561 g/mol. The zero-order chi connectivity index (χ0) is 29.4. The molecule has 210 valence electrons. The van der Waals surface area contributed by atoms with Crippen molar-refractivity contribution in [3.8, 4) is 16.9 Å². The summed E-state index contributed by atoms with van der Waals surface area (Å²) in [6, 6.07) is 10.7. The van der Waals surface area contributed by atoms with E-state index in [0.29, 0.717) is 32.1 Å². The van der Waals surface area contributed by atoms with Gasteiger partial charge in [0.2, 0.25) is 6.30 Å². The molecule has 0 saturated heterocycles. The number of alkyl halides is 3. The number of amides is 1. The Labute approximate surface area is 235 Å². The summed E-state index contributed by atoms with van der Waals surface area (Å²) in [5, 5.41) is 7.62. The Morgan fingerprint density at radius 1 is 1.05 bits per heavy atom. The smallest absolute Gasteiger partial charge is 0.288 e. The van der Waals surface area contributed by atoms with Crippen LogP contribution in [0.3, 0.4) is 0 Å². The molecule has 0 fully saturated rings. The van der Waals surface area contributed by atoms with Crippen LogP contribution in [0.15, 0.2) is 66.0 Å². The van der Waals surface area contributed by atoms with Gasteiger partial charge < -0.3 is 11.1 Å². The monoisotopic (exact) mass is 582 g/mol. The first-order valence-electron chi connectivity index (χ1n) is 12.3. The van der Waals surface area contributed by atoms with Crippen molar-refractivity contribution in [3.05, 3.63) is 87.8 Å². The maximum absolute atomic E-state index is 14.3. The van der Waals surface area contributed by atoms with Crippen molar-refractivity contribution in [1.29, 1.82) is 0 Å². The number of benzene rings is 1. The van der Waals surface area contributed by atoms with E-state index in [0.717, 1.165) is 11.0 Å². The summed E-state index contributed by atoms with van der Waals surface area (Å²) in [6.07, 6.45) is -2.29. The Morgan fingerprint density at radius 3 is 2.41 bits per heavy atom. The third kappa shape index (κ3) is 5.35. The van der Waals surface area contributed by atoms with E-state index >= 15 is 0 Å². The van der Waals surface area contributed by atoms with E-state index in [9.17, 15) is 22.8 Å². The van der Waals surface area contributed by atoms with Crippen molar-refractivity contribution < 1.29 is 18.0 Å². The Kier molecular flexibility index (Phi) is 7.45. The number of anilines is 2. The minimum atomic E-state index is -3.28. The average Bonchev–Trinajstić information content (AvgIpc) is 3.34. The Morgan fingerprint density at radius 2 is 1.78 bits per heavy atom. The number of fused-ring (bicyclic) bond motifs is 1. The number of hydrogen-bond donors (Lipinski definition) is 2. The molecule has 1 unspecified atom stereocenters. The van der Waals surface area contributed by atoms with Crippen LogP contribution in [-0.2, 0) is 0 Å². The molecule has 41 heavy (non-hydrogen) atoms. The number of nitrogens with zero attached hydrogens (tertiary/aromatic N) is 6. The molecule has 0 bridgehead atoms. The summed E-state index contributed by atoms with van der Waals surface area (Å²) in [7, 11) is 0. The number of hydrogen-bond acceptors (Lipinski definition) is 7. The van der Waals surface area contributed by atoms with Crippen molar-refractivity contribution in [1.82, 2.24) is 29.3 Å². The van der Waals surface area contributed by atoms with Crippen molar-refractivity contribution in [2.24, 2.45) is 0 Å².